The van der Waals surface area contributed by atoms with Gasteiger partial charge in [0.2, 0.25) is 0 Å². The summed E-state index contributed by atoms with van der Waals surface area (Å²) in [5.41, 5.74) is 0.377. The molecule has 1 aliphatic carbocycles. The van der Waals surface area contributed by atoms with Crippen molar-refractivity contribution in [3.05, 3.63) is 113 Å². The predicted molar refractivity (Wildman–Crippen MR) is 138 cm³/mol. The first-order valence-electron chi connectivity index (χ1n) is 10.8. The fraction of sp³-hybridized carbons (Fsp3) is 0.0714. The highest BCUT2D eigenvalue weighted by Gasteiger charge is 2.34. The third-order valence-electron chi connectivity index (χ3n) is 5.67. The molecule has 4 aromatic carbocycles. The minimum atomic E-state index is -4.47. The zero-order valence-corrected chi connectivity index (χ0v) is 21.2. The van der Waals surface area contributed by atoms with Gasteiger partial charge in [-0.05, 0) is 60.9 Å². The van der Waals surface area contributed by atoms with Crippen LogP contribution in [0.5, 0.6) is 0 Å². The average Bonchev–Trinajstić information content (AvgIpc) is 2.87. The molecule has 0 radical (unpaired) electrons. The van der Waals surface area contributed by atoms with Crippen LogP contribution in [0.1, 0.15) is 37.4 Å². The van der Waals surface area contributed by atoms with Gasteiger partial charge in [0, 0.05) is 46.7 Å². The predicted octanol–water partition coefficient (Wildman–Crippen LogP) is 8.51. The van der Waals surface area contributed by atoms with Gasteiger partial charge in [-0.3, -0.25) is 9.59 Å². The van der Waals surface area contributed by atoms with Crippen molar-refractivity contribution in [2.24, 2.45) is 0 Å². The van der Waals surface area contributed by atoms with E-state index in [1.165, 1.54) is 17.8 Å². The van der Waals surface area contributed by atoms with Crippen LogP contribution in [-0.2, 0) is 6.18 Å². The Morgan fingerprint density at radius 3 is 1.64 bits per heavy atom. The minimum Gasteiger partial charge on any atom is -0.289 e. The van der Waals surface area contributed by atoms with Crippen LogP contribution in [0, 0.1) is 0 Å². The van der Waals surface area contributed by atoms with Crippen LogP contribution in [0.15, 0.2) is 109 Å². The highest BCUT2D eigenvalue weighted by Crippen LogP contribution is 2.42. The summed E-state index contributed by atoms with van der Waals surface area (Å²) in [4.78, 5) is 30.8. The number of ketones is 2. The molecule has 0 bridgehead atoms. The second kappa shape index (κ2) is 9.84. The number of fused-ring (bicyclic) bond motifs is 2. The van der Waals surface area contributed by atoms with Gasteiger partial charge in [-0.1, -0.05) is 53.9 Å². The van der Waals surface area contributed by atoms with Gasteiger partial charge in [-0.2, -0.15) is 13.2 Å². The molecule has 5 rings (SSSR count). The number of thioether (sulfide) groups is 1. The Bertz CT molecular complexity index is 1500. The first kappa shape index (κ1) is 24.7. The molecule has 4 aromatic rings. The van der Waals surface area contributed by atoms with Gasteiger partial charge in [0.25, 0.3) is 0 Å². The van der Waals surface area contributed by atoms with Gasteiger partial charge in [0.15, 0.2) is 11.6 Å². The summed E-state index contributed by atoms with van der Waals surface area (Å²) in [6.07, 6.45) is -2.47. The molecule has 0 amide bonds. The summed E-state index contributed by atoms with van der Waals surface area (Å²) in [5, 5.41) is 0. The van der Waals surface area contributed by atoms with E-state index in [9.17, 15) is 22.8 Å². The second-order valence-electron chi connectivity index (χ2n) is 7.92. The monoisotopic (exact) mass is 538 g/mol. The van der Waals surface area contributed by atoms with Crippen molar-refractivity contribution in [1.82, 2.24) is 0 Å². The molecule has 0 spiro atoms. The van der Waals surface area contributed by atoms with E-state index in [1.807, 2.05) is 36.6 Å². The number of benzene rings is 4. The van der Waals surface area contributed by atoms with Crippen molar-refractivity contribution >= 4 is 46.9 Å². The Labute approximate surface area is 218 Å². The standard InChI is InChI=1S/C28H17F3O2S3/c1-34-17-11-13-18(14-12-17)35-22-9-3-7-20-24(22)26(32)21-8-4-10-23(25(21)27(20)33)36-19-6-2-5-16(15-19)28(29,30)31/h2-15H,1H3. The quantitative estimate of drug-likeness (QED) is 0.210. The lowest BCUT2D eigenvalue weighted by atomic mass is 9.84. The van der Waals surface area contributed by atoms with Crippen molar-refractivity contribution < 1.29 is 22.8 Å². The highest BCUT2D eigenvalue weighted by molar-refractivity contribution is 8.00. The van der Waals surface area contributed by atoms with E-state index < -0.39 is 11.7 Å². The van der Waals surface area contributed by atoms with Crippen LogP contribution in [0.3, 0.4) is 0 Å². The molecule has 0 unspecified atom stereocenters. The van der Waals surface area contributed by atoms with E-state index in [4.69, 9.17) is 0 Å². The maximum absolute atomic E-state index is 13.6. The molecule has 180 valence electrons. The van der Waals surface area contributed by atoms with Crippen LogP contribution in [0.2, 0.25) is 0 Å². The van der Waals surface area contributed by atoms with Gasteiger partial charge < -0.3 is 0 Å². The van der Waals surface area contributed by atoms with Gasteiger partial charge in [0.1, 0.15) is 0 Å². The van der Waals surface area contributed by atoms with Gasteiger partial charge in [-0.25, -0.2) is 0 Å². The lowest BCUT2D eigenvalue weighted by Gasteiger charge is -2.22. The SMILES string of the molecule is CSc1ccc(Sc2cccc3c2C(=O)c2cccc(Sc4cccc(C(F)(F)F)c4)c2C3=O)cc1. The van der Waals surface area contributed by atoms with E-state index in [1.54, 1.807) is 48.2 Å². The zero-order valence-electron chi connectivity index (χ0n) is 18.8. The van der Waals surface area contributed by atoms with E-state index in [0.717, 1.165) is 33.7 Å². The van der Waals surface area contributed by atoms with E-state index >= 15 is 0 Å². The summed E-state index contributed by atoms with van der Waals surface area (Å²) in [6, 6.07) is 23.0. The first-order valence-corrected chi connectivity index (χ1v) is 13.6. The summed E-state index contributed by atoms with van der Waals surface area (Å²) >= 11 is 4.10. The van der Waals surface area contributed by atoms with Crippen LogP contribution in [0.25, 0.3) is 0 Å². The Balaban J connectivity index is 1.52. The zero-order chi connectivity index (χ0) is 25.4. The van der Waals surface area contributed by atoms with Crippen LogP contribution < -0.4 is 0 Å². The summed E-state index contributed by atoms with van der Waals surface area (Å²) in [5.74, 6) is -0.579. The largest absolute Gasteiger partial charge is 0.416 e. The van der Waals surface area contributed by atoms with Crippen molar-refractivity contribution in [1.29, 1.82) is 0 Å². The molecule has 0 N–H and O–H groups in total. The third kappa shape index (κ3) is 4.73. The van der Waals surface area contributed by atoms with Gasteiger partial charge in [-0.15, -0.1) is 11.8 Å². The normalized spacial score (nSPS) is 12.9. The van der Waals surface area contributed by atoms with Crippen LogP contribution in [-0.4, -0.2) is 17.8 Å². The van der Waals surface area contributed by atoms with Crippen LogP contribution >= 0.6 is 35.3 Å². The maximum atomic E-state index is 13.6. The molecule has 0 fully saturated rings. The fourth-order valence-corrected chi connectivity index (χ4v) is 6.41. The molecule has 0 saturated carbocycles. The number of halogens is 3. The Hall–Kier alpha value is -2.94. The number of carbonyl (C=O) groups excluding carboxylic acids is 2. The molecule has 0 atom stereocenters. The molecular weight excluding hydrogens is 522 g/mol. The minimum absolute atomic E-state index is 0.226. The summed E-state index contributed by atoms with van der Waals surface area (Å²) < 4.78 is 39.5. The molecule has 0 saturated heterocycles. The van der Waals surface area contributed by atoms with E-state index in [0.29, 0.717) is 25.8 Å². The molecular formula is C28H17F3O2S3. The fourth-order valence-electron chi connectivity index (χ4n) is 3.98. The number of hydrogen-bond acceptors (Lipinski definition) is 5. The summed E-state index contributed by atoms with van der Waals surface area (Å²) in [6.45, 7) is 0. The lowest BCUT2D eigenvalue weighted by molar-refractivity contribution is -0.137. The maximum Gasteiger partial charge on any atom is 0.416 e. The van der Waals surface area contributed by atoms with E-state index in [2.05, 4.69) is 0 Å². The average molecular weight is 539 g/mol. The van der Waals surface area contributed by atoms with Crippen molar-refractivity contribution in [3.8, 4) is 0 Å². The first-order chi connectivity index (χ1) is 17.3. The molecule has 0 heterocycles. The highest BCUT2D eigenvalue weighted by atomic mass is 32.2. The van der Waals surface area contributed by atoms with Gasteiger partial charge >= 0.3 is 6.18 Å². The Kier molecular flexibility index (Phi) is 6.76. The molecule has 2 nitrogen and oxygen atoms in total. The van der Waals surface area contributed by atoms with Crippen LogP contribution in [0.4, 0.5) is 13.2 Å². The lowest BCUT2D eigenvalue weighted by Crippen LogP contribution is -2.22. The molecule has 1 aliphatic rings. The van der Waals surface area contributed by atoms with Crippen molar-refractivity contribution in [3.63, 3.8) is 0 Å². The number of hydrogen-bond donors (Lipinski definition) is 0. The van der Waals surface area contributed by atoms with E-state index in [-0.39, 0.29) is 22.7 Å². The number of alkyl halides is 3. The second-order valence-corrected chi connectivity index (χ2v) is 11.0. The van der Waals surface area contributed by atoms with Gasteiger partial charge in [0.05, 0.1) is 5.56 Å². The Morgan fingerprint density at radius 1 is 0.611 bits per heavy atom. The molecule has 0 aliphatic heterocycles. The molecule has 36 heavy (non-hydrogen) atoms. The van der Waals surface area contributed by atoms with Crippen molar-refractivity contribution in [2.45, 2.75) is 30.7 Å². The molecule has 8 heteroatoms. The molecule has 0 aromatic heterocycles. The topological polar surface area (TPSA) is 34.1 Å². The number of carbonyl (C=O) groups is 2. The smallest absolute Gasteiger partial charge is 0.289 e. The van der Waals surface area contributed by atoms with Crippen molar-refractivity contribution in [2.75, 3.05) is 6.26 Å². The summed E-state index contributed by atoms with van der Waals surface area (Å²) in [7, 11) is 0. The third-order valence-corrected chi connectivity index (χ3v) is 8.53. The number of rotatable bonds is 5. The Morgan fingerprint density at radius 2 is 1.11 bits per heavy atom.